The Morgan fingerprint density at radius 3 is 2.19 bits per heavy atom. The summed E-state index contributed by atoms with van der Waals surface area (Å²) in [5.74, 6) is -0.410. The van der Waals surface area contributed by atoms with E-state index >= 15 is 0 Å². The summed E-state index contributed by atoms with van der Waals surface area (Å²) in [4.78, 5) is 13.8. The van der Waals surface area contributed by atoms with E-state index in [1.165, 1.54) is 11.1 Å². The smallest absolute Gasteiger partial charge is 0.250 e. The number of carbonyl (C=O) groups is 1. The van der Waals surface area contributed by atoms with Crippen LogP contribution in [0.4, 0.5) is 11.4 Å². The van der Waals surface area contributed by atoms with E-state index in [1.54, 1.807) is 12.1 Å². The van der Waals surface area contributed by atoms with Gasteiger partial charge in [0.1, 0.15) is 0 Å². The van der Waals surface area contributed by atoms with Crippen molar-refractivity contribution in [2.24, 2.45) is 5.73 Å². The second-order valence-corrected chi connectivity index (χ2v) is 5.40. The Hall–Kier alpha value is -2.49. The van der Waals surface area contributed by atoms with Crippen LogP contribution in [0.2, 0.25) is 0 Å². The van der Waals surface area contributed by atoms with Crippen LogP contribution in [-0.4, -0.2) is 19.0 Å². The predicted molar refractivity (Wildman–Crippen MR) is 85.4 cm³/mol. The highest BCUT2D eigenvalue weighted by molar-refractivity contribution is 5.99. The van der Waals surface area contributed by atoms with E-state index in [0.29, 0.717) is 11.3 Å². The topological polar surface area (TPSA) is 72.3 Å². The number of anilines is 2. The fourth-order valence-electron chi connectivity index (χ4n) is 2.93. The van der Waals surface area contributed by atoms with Crippen LogP contribution >= 0.6 is 0 Å². The van der Waals surface area contributed by atoms with Crippen LogP contribution in [0.15, 0.2) is 42.5 Å². The van der Waals surface area contributed by atoms with Crippen LogP contribution in [-0.2, 0) is 12.8 Å². The molecule has 1 aliphatic heterocycles. The van der Waals surface area contributed by atoms with Gasteiger partial charge in [-0.05, 0) is 42.2 Å². The molecular weight excluding hydrogens is 262 g/mol. The lowest BCUT2D eigenvalue weighted by atomic mass is 10.0. The minimum absolute atomic E-state index is 0.410. The number of amides is 1. The van der Waals surface area contributed by atoms with Crippen molar-refractivity contribution in [1.29, 1.82) is 0 Å². The third kappa shape index (κ3) is 2.70. The molecule has 4 nitrogen and oxygen atoms in total. The van der Waals surface area contributed by atoms with E-state index in [9.17, 15) is 4.79 Å². The van der Waals surface area contributed by atoms with Gasteiger partial charge >= 0.3 is 0 Å². The molecule has 0 aromatic heterocycles. The summed E-state index contributed by atoms with van der Waals surface area (Å²) in [5, 5.41) is 0. The second kappa shape index (κ2) is 5.48. The van der Waals surface area contributed by atoms with Gasteiger partial charge in [0, 0.05) is 18.8 Å². The van der Waals surface area contributed by atoms with Gasteiger partial charge in [0.25, 0.3) is 5.91 Å². The van der Waals surface area contributed by atoms with Gasteiger partial charge in [-0.2, -0.15) is 0 Å². The maximum absolute atomic E-state index is 11.6. The largest absolute Gasteiger partial charge is 0.399 e. The Labute approximate surface area is 124 Å². The Kier molecular flexibility index (Phi) is 3.52. The Morgan fingerprint density at radius 2 is 1.62 bits per heavy atom. The summed E-state index contributed by atoms with van der Waals surface area (Å²) >= 11 is 0. The number of nitrogens with zero attached hydrogens (tertiary/aromatic N) is 1. The minimum Gasteiger partial charge on any atom is -0.399 e. The molecule has 108 valence electrons. The van der Waals surface area contributed by atoms with Crippen LogP contribution in [0.5, 0.6) is 0 Å². The van der Waals surface area contributed by atoms with Gasteiger partial charge in [-0.1, -0.05) is 24.3 Å². The van der Waals surface area contributed by atoms with E-state index in [1.807, 2.05) is 6.07 Å². The third-order valence-corrected chi connectivity index (χ3v) is 4.05. The average molecular weight is 281 g/mol. The van der Waals surface area contributed by atoms with Crippen molar-refractivity contribution < 1.29 is 4.79 Å². The molecule has 1 heterocycles. The Bertz CT molecular complexity index is 654. The van der Waals surface area contributed by atoms with Crippen molar-refractivity contribution in [3.8, 4) is 0 Å². The van der Waals surface area contributed by atoms with E-state index in [4.69, 9.17) is 11.5 Å². The van der Waals surface area contributed by atoms with Gasteiger partial charge in [-0.15, -0.1) is 0 Å². The number of fused-ring (bicyclic) bond motifs is 1. The molecule has 2 aromatic rings. The molecule has 0 spiro atoms. The number of primary amides is 1. The van der Waals surface area contributed by atoms with E-state index in [-0.39, 0.29) is 0 Å². The van der Waals surface area contributed by atoms with Gasteiger partial charge in [0.15, 0.2) is 0 Å². The zero-order valence-electron chi connectivity index (χ0n) is 11.9. The normalized spacial score (nSPS) is 14.4. The van der Waals surface area contributed by atoms with E-state index < -0.39 is 5.91 Å². The van der Waals surface area contributed by atoms with Gasteiger partial charge in [-0.25, -0.2) is 0 Å². The lowest BCUT2D eigenvalue weighted by Gasteiger charge is -2.25. The van der Waals surface area contributed by atoms with Crippen molar-refractivity contribution in [2.45, 2.75) is 12.8 Å². The van der Waals surface area contributed by atoms with Crippen molar-refractivity contribution in [3.05, 3.63) is 59.2 Å². The predicted octanol–water partition coefficient (Wildman–Crippen LogP) is 1.97. The summed E-state index contributed by atoms with van der Waals surface area (Å²) in [7, 11) is 0. The SMILES string of the molecule is NC(=O)c1ccc(N)cc1N1CCc2ccccc2CC1. The first-order chi connectivity index (χ1) is 10.1. The number of benzene rings is 2. The standard InChI is InChI=1S/C17H19N3O/c18-14-5-6-15(17(19)21)16(11-14)20-9-7-12-3-1-2-4-13(12)8-10-20/h1-6,11H,7-10,18H2,(H2,19,21). The average Bonchev–Trinajstić information content (AvgIpc) is 2.69. The molecule has 0 unspecified atom stereocenters. The summed E-state index contributed by atoms with van der Waals surface area (Å²) in [6.07, 6.45) is 1.92. The molecule has 4 heteroatoms. The molecular formula is C17H19N3O. The van der Waals surface area contributed by atoms with Gasteiger partial charge < -0.3 is 16.4 Å². The fourth-order valence-corrected chi connectivity index (χ4v) is 2.93. The highest BCUT2D eigenvalue weighted by atomic mass is 16.1. The third-order valence-electron chi connectivity index (χ3n) is 4.05. The monoisotopic (exact) mass is 281 g/mol. The second-order valence-electron chi connectivity index (χ2n) is 5.40. The molecule has 0 saturated carbocycles. The van der Waals surface area contributed by atoms with Gasteiger partial charge in [0.05, 0.1) is 11.3 Å². The zero-order chi connectivity index (χ0) is 14.8. The van der Waals surface area contributed by atoms with Crippen LogP contribution in [0.1, 0.15) is 21.5 Å². The summed E-state index contributed by atoms with van der Waals surface area (Å²) < 4.78 is 0. The highest BCUT2D eigenvalue weighted by Crippen LogP contribution is 2.26. The molecule has 4 N–H and O–H groups in total. The van der Waals surface area contributed by atoms with E-state index in [0.717, 1.165) is 31.6 Å². The number of nitrogen functional groups attached to an aromatic ring is 1. The van der Waals surface area contributed by atoms with E-state index in [2.05, 4.69) is 29.2 Å². The lowest BCUT2D eigenvalue weighted by molar-refractivity contribution is 0.100. The first-order valence-electron chi connectivity index (χ1n) is 7.16. The molecule has 3 rings (SSSR count). The van der Waals surface area contributed by atoms with Crippen molar-refractivity contribution in [2.75, 3.05) is 23.7 Å². The molecule has 0 radical (unpaired) electrons. The van der Waals surface area contributed by atoms with Crippen molar-refractivity contribution in [3.63, 3.8) is 0 Å². The summed E-state index contributed by atoms with van der Waals surface area (Å²) in [6.45, 7) is 1.72. The van der Waals surface area contributed by atoms with Crippen molar-refractivity contribution >= 4 is 17.3 Å². The number of carbonyl (C=O) groups excluding carboxylic acids is 1. The number of nitrogens with two attached hydrogens (primary N) is 2. The minimum atomic E-state index is -0.410. The molecule has 0 bridgehead atoms. The summed E-state index contributed by atoms with van der Waals surface area (Å²) in [6, 6.07) is 13.8. The zero-order valence-corrected chi connectivity index (χ0v) is 11.9. The van der Waals surface area contributed by atoms with Crippen LogP contribution < -0.4 is 16.4 Å². The number of hydrogen-bond acceptors (Lipinski definition) is 3. The quantitative estimate of drug-likeness (QED) is 0.827. The van der Waals surface area contributed by atoms with Crippen LogP contribution in [0, 0.1) is 0 Å². The Balaban J connectivity index is 1.93. The number of rotatable bonds is 2. The van der Waals surface area contributed by atoms with Gasteiger partial charge in [0.2, 0.25) is 0 Å². The molecule has 2 aromatic carbocycles. The van der Waals surface area contributed by atoms with Crippen molar-refractivity contribution in [1.82, 2.24) is 0 Å². The fraction of sp³-hybridized carbons (Fsp3) is 0.235. The highest BCUT2D eigenvalue weighted by Gasteiger charge is 2.18. The summed E-state index contributed by atoms with van der Waals surface area (Å²) in [5.41, 5.74) is 16.2. The molecule has 0 saturated heterocycles. The molecule has 21 heavy (non-hydrogen) atoms. The Morgan fingerprint density at radius 1 is 1.00 bits per heavy atom. The maximum Gasteiger partial charge on any atom is 0.250 e. The molecule has 0 aliphatic carbocycles. The van der Waals surface area contributed by atoms with Gasteiger partial charge in [-0.3, -0.25) is 4.79 Å². The number of hydrogen-bond donors (Lipinski definition) is 2. The first kappa shape index (κ1) is 13.5. The molecule has 1 aliphatic rings. The lowest BCUT2D eigenvalue weighted by Crippen LogP contribution is -2.29. The molecule has 0 fully saturated rings. The van der Waals surface area contributed by atoms with Crippen LogP contribution in [0.3, 0.4) is 0 Å². The first-order valence-corrected chi connectivity index (χ1v) is 7.16. The van der Waals surface area contributed by atoms with Crippen LogP contribution in [0.25, 0.3) is 0 Å². The molecule has 0 atom stereocenters. The maximum atomic E-state index is 11.6. The molecule has 1 amide bonds.